The third kappa shape index (κ3) is 2.97. The summed E-state index contributed by atoms with van der Waals surface area (Å²) < 4.78 is 10.5. The molecule has 0 fully saturated rings. The first kappa shape index (κ1) is 14.9. The average Bonchev–Trinajstić information content (AvgIpc) is 2.86. The Kier molecular flexibility index (Phi) is 4.68. The second-order valence-corrected chi connectivity index (χ2v) is 4.84. The van der Waals surface area contributed by atoms with E-state index in [-0.39, 0.29) is 18.3 Å². The van der Waals surface area contributed by atoms with E-state index in [4.69, 9.17) is 32.4 Å². The molecule has 0 N–H and O–H groups in total. The van der Waals surface area contributed by atoms with E-state index in [0.717, 1.165) is 0 Å². The lowest BCUT2D eigenvalue weighted by Crippen LogP contribution is -2.05. The lowest BCUT2D eigenvalue weighted by molar-refractivity contribution is 0.0489. The molecule has 2 aromatic rings. The van der Waals surface area contributed by atoms with Crippen LogP contribution in [0.1, 0.15) is 30.1 Å². The fourth-order valence-electron chi connectivity index (χ4n) is 1.72. The van der Waals surface area contributed by atoms with E-state index in [2.05, 4.69) is 4.98 Å². The number of hydrogen-bond donors (Lipinski definition) is 0. The van der Waals surface area contributed by atoms with Gasteiger partial charge in [0.25, 0.3) is 0 Å². The van der Waals surface area contributed by atoms with Crippen molar-refractivity contribution in [3.05, 3.63) is 39.7 Å². The normalized spacial score (nSPS) is 10.6. The highest BCUT2D eigenvalue weighted by molar-refractivity contribution is 6.35. The van der Waals surface area contributed by atoms with Crippen LogP contribution in [-0.2, 0) is 11.2 Å². The van der Waals surface area contributed by atoms with Crippen molar-refractivity contribution in [2.75, 3.05) is 6.61 Å². The molecule has 6 heteroatoms. The van der Waals surface area contributed by atoms with Gasteiger partial charge >= 0.3 is 5.97 Å². The van der Waals surface area contributed by atoms with Gasteiger partial charge in [0.05, 0.1) is 22.9 Å². The van der Waals surface area contributed by atoms with E-state index < -0.39 is 5.97 Å². The van der Waals surface area contributed by atoms with Crippen LogP contribution >= 0.6 is 23.2 Å². The van der Waals surface area contributed by atoms with Crippen molar-refractivity contribution in [2.24, 2.45) is 0 Å². The molecule has 106 valence electrons. The first-order valence-electron chi connectivity index (χ1n) is 6.19. The molecule has 1 aromatic carbocycles. The van der Waals surface area contributed by atoms with E-state index in [0.29, 0.717) is 27.7 Å². The van der Waals surface area contributed by atoms with Crippen molar-refractivity contribution < 1.29 is 13.9 Å². The first-order valence-corrected chi connectivity index (χ1v) is 6.94. The molecule has 0 atom stereocenters. The Hall–Kier alpha value is -1.52. The van der Waals surface area contributed by atoms with Gasteiger partial charge in [-0.15, -0.1) is 0 Å². The number of ether oxygens (including phenoxy) is 1. The van der Waals surface area contributed by atoms with Crippen LogP contribution < -0.4 is 0 Å². The maximum atomic E-state index is 11.8. The Bertz CT molecular complexity index is 637. The fourth-order valence-corrected chi connectivity index (χ4v) is 2.09. The molecule has 20 heavy (non-hydrogen) atoms. The molecule has 4 nitrogen and oxygen atoms in total. The van der Waals surface area contributed by atoms with Crippen molar-refractivity contribution >= 4 is 29.2 Å². The monoisotopic (exact) mass is 313 g/mol. The van der Waals surface area contributed by atoms with Gasteiger partial charge in [-0.1, -0.05) is 30.1 Å². The Morgan fingerprint density at radius 2 is 2.10 bits per heavy atom. The van der Waals surface area contributed by atoms with E-state index in [1.165, 1.54) is 0 Å². The summed E-state index contributed by atoms with van der Waals surface area (Å²) >= 11 is 12.0. The number of esters is 1. The van der Waals surface area contributed by atoms with Gasteiger partial charge in [-0.2, -0.15) is 0 Å². The van der Waals surface area contributed by atoms with Crippen LogP contribution in [0.4, 0.5) is 0 Å². The maximum Gasteiger partial charge on any atom is 0.376 e. The number of rotatable bonds is 4. The lowest BCUT2D eigenvalue weighted by atomic mass is 10.2. The van der Waals surface area contributed by atoms with Crippen molar-refractivity contribution in [2.45, 2.75) is 20.3 Å². The van der Waals surface area contributed by atoms with E-state index in [1.54, 1.807) is 25.1 Å². The number of carbonyl (C=O) groups is 1. The summed E-state index contributed by atoms with van der Waals surface area (Å²) in [5.74, 6) is -0.154. The summed E-state index contributed by atoms with van der Waals surface area (Å²) in [5, 5.41) is 0.965. The molecule has 2 rings (SSSR count). The van der Waals surface area contributed by atoms with Crippen molar-refractivity contribution in [1.29, 1.82) is 0 Å². The van der Waals surface area contributed by atoms with Crippen LogP contribution in [0.5, 0.6) is 0 Å². The zero-order valence-corrected chi connectivity index (χ0v) is 12.6. The minimum absolute atomic E-state index is 0.111. The van der Waals surface area contributed by atoms with Gasteiger partial charge in [-0.3, -0.25) is 0 Å². The summed E-state index contributed by atoms with van der Waals surface area (Å²) in [7, 11) is 0. The number of oxazole rings is 1. The second-order valence-electron chi connectivity index (χ2n) is 3.99. The summed E-state index contributed by atoms with van der Waals surface area (Å²) in [6.45, 7) is 3.88. The first-order chi connectivity index (χ1) is 9.56. The standard InChI is InChI=1S/C14H13Cl2NO3/c1-3-11-12(14(18)19-4-2)20-13(17-11)9-7-8(15)5-6-10(9)16/h5-7H,3-4H2,1-2H3. The predicted octanol–water partition coefficient (Wildman–Crippen LogP) is 4.39. The Balaban J connectivity index is 2.48. The molecular formula is C14H13Cl2NO3. The summed E-state index contributed by atoms with van der Waals surface area (Å²) in [6, 6.07) is 4.96. The molecule has 0 aliphatic heterocycles. The average molecular weight is 314 g/mol. The zero-order valence-electron chi connectivity index (χ0n) is 11.1. The quantitative estimate of drug-likeness (QED) is 0.786. The van der Waals surface area contributed by atoms with Crippen LogP contribution in [0.25, 0.3) is 11.5 Å². The SMILES string of the molecule is CCOC(=O)c1oc(-c2cc(Cl)ccc2Cl)nc1CC. The summed E-state index contributed by atoms with van der Waals surface area (Å²) in [5.41, 5.74) is 1.08. The molecule has 1 heterocycles. The van der Waals surface area contributed by atoms with Gasteiger partial charge in [0, 0.05) is 5.02 Å². The predicted molar refractivity (Wildman–Crippen MR) is 77.3 cm³/mol. The van der Waals surface area contributed by atoms with Gasteiger partial charge in [-0.25, -0.2) is 9.78 Å². The van der Waals surface area contributed by atoms with Gasteiger partial charge < -0.3 is 9.15 Å². The molecule has 1 aromatic heterocycles. The largest absolute Gasteiger partial charge is 0.460 e. The third-order valence-electron chi connectivity index (χ3n) is 2.65. The number of benzene rings is 1. The highest BCUT2D eigenvalue weighted by atomic mass is 35.5. The maximum absolute atomic E-state index is 11.8. The number of halogens is 2. The smallest absolute Gasteiger partial charge is 0.376 e. The zero-order chi connectivity index (χ0) is 14.7. The second kappa shape index (κ2) is 6.29. The molecule has 0 aliphatic carbocycles. The number of hydrogen-bond acceptors (Lipinski definition) is 4. The molecule has 0 radical (unpaired) electrons. The number of nitrogens with zero attached hydrogens (tertiary/aromatic N) is 1. The van der Waals surface area contributed by atoms with Gasteiger partial charge in [0.15, 0.2) is 0 Å². The highest BCUT2D eigenvalue weighted by Crippen LogP contribution is 2.31. The topological polar surface area (TPSA) is 52.3 Å². The lowest BCUT2D eigenvalue weighted by Gasteiger charge is -2.00. The molecule has 0 unspecified atom stereocenters. The highest BCUT2D eigenvalue weighted by Gasteiger charge is 2.22. The van der Waals surface area contributed by atoms with Crippen LogP contribution in [0.3, 0.4) is 0 Å². The number of aromatic nitrogens is 1. The van der Waals surface area contributed by atoms with Gasteiger partial charge in [0.1, 0.15) is 0 Å². The van der Waals surface area contributed by atoms with Crippen molar-refractivity contribution in [3.8, 4) is 11.5 Å². The number of carbonyl (C=O) groups excluding carboxylic acids is 1. The fraction of sp³-hybridized carbons (Fsp3) is 0.286. The third-order valence-corrected chi connectivity index (χ3v) is 3.22. The molecule has 0 spiro atoms. The Morgan fingerprint density at radius 3 is 2.75 bits per heavy atom. The van der Waals surface area contributed by atoms with E-state index >= 15 is 0 Å². The minimum atomic E-state index is -0.527. The molecule has 0 aliphatic rings. The summed E-state index contributed by atoms with van der Waals surface area (Å²) in [6.07, 6.45) is 0.551. The van der Waals surface area contributed by atoms with E-state index in [9.17, 15) is 4.79 Å². The molecule has 0 saturated heterocycles. The summed E-state index contributed by atoms with van der Waals surface area (Å²) in [4.78, 5) is 16.1. The Labute approximate surface area is 126 Å². The van der Waals surface area contributed by atoms with Gasteiger partial charge in [-0.05, 0) is 31.5 Å². The molecular weight excluding hydrogens is 301 g/mol. The van der Waals surface area contributed by atoms with Crippen molar-refractivity contribution in [3.63, 3.8) is 0 Å². The van der Waals surface area contributed by atoms with Crippen LogP contribution in [0.2, 0.25) is 10.0 Å². The van der Waals surface area contributed by atoms with Gasteiger partial charge in [0.2, 0.25) is 11.7 Å². The molecule has 0 bridgehead atoms. The molecule has 0 amide bonds. The molecule has 0 saturated carbocycles. The van der Waals surface area contributed by atoms with Crippen LogP contribution in [0.15, 0.2) is 22.6 Å². The minimum Gasteiger partial charge on any atom is -0.460 e. The number of aryl methyl sites for hydroxylation is 1. The van der Waals surface area contributed by atoms with E-state index in [1.807, 2.05) is 6.92 Å². The van der Waals surface area contributed by atoms with Crippen LogP contribution in [0, 0.1) is 0 Å². The van der Waals surface area contributed by atoms with Crippen molar-refractivity contribution in [1.82, 2.24) is 4.98 Å². The van der Waals surface area contributed by atoms with Crippen LogP contribution in [-0.4, -0.2) is 17.6 Å². The Morgan fingerprint density at radius 1 is 1.35 bits per heavy atom.